The van der Waals surface area contributed by atoms with Crippen molar-refractivity contribution in [2.75, 3.05) is 11.5 Å². The Morgan fingerprint density at radius 2 is 1.79 bits per heavy atom. The van der Waals surface area contributed by atoms with Crippen LogP contribution in [-0.2, 0) is 0 Å². The first kappa shape index (κ1) is 8.93. The normalized spacial score (nSPS) is 16.4. The molecule has 0 amide bonds. The average molecular weight is 191 g/mol. The van der Waals surface area contributed by atoms with Crippen molar-refractivity contribution in [3.63, 3.8) is 0 Å². The summed E-state index contributed by atoms with van der Waals surface area (Å²) in [7, 11) is 0. The highest BCUT2D eigenvalue weighted by molar-refractivity contribution is 5.79. The first-order valence-electron chi connectivity index (χ1n) is 4.73. The zero-order valence-electron chi connectivity index (χ0n) is 7.90. The maximum atomic E-state index is 5.72. The lowest BCUT2D eigenvalue weighted by Gasteiger charge is -2.14. The second kappa shape index (κ2) is 3.61. The topological polar surface area (TPSA) is 90.7 Å². The fraction of sp³-hybridized carbons (Fsp3) is 0.444. The molecule has 0 radical (unpaired) electrons. The Balaban J connectivity index is 2.44. The van der Waals surface area contributed by atoms with E-state index in [0.29, 0.717) is 11.6 Å². The third-order valence-corrected chi connectivity index (χ3v) is 2.43. The van der Waals surface area contributed by atoms with E-state index in [4.69, 9.17) is 11.5 Å². The molecule has 14 heavy (non-hydrogen) atoms. The van der Waals surface area contributed by atoms with Crippen molar-refractivity contribution < 1.29 is 0 Å². The molecule has 0 spiro atoms. The molecule has 0 saturated heterocycles. The Labute approximate surface area is 82.2 Å². The Morgan fingerprint density at radius 1 is 1.07 bits per heavy atom. The van der Waals surface area contributed by atoms with Gasteiger partial charge in [0.25, 0.3) is 0 Å². The third kappa shape index (κ3) is 1.53. The van der Waals surface area contributed by atoms with Crippen molar-refractivity contribution >= 4 is 17.2 Å². The highest BCUT2D eigenvalue weighted by Crippen LogP contribution is 2.31. The zero-order valence-corrected chi connectivity index (χ0v) is 7.90. The number of nitrogens with two attached hydrogens (primary N) is 2. The quantitative estimate of drug-likeness (QED) is 0.690. The van der Waals surface area contributed by atoms with E-state index in [-0.39, 0.29) is 0 Å². The van der Waals surface area contributed by atoms with Crippen LogP contribution in [-0.4, -0.2) is 15.4 Å². The molecule has 5 nitrogen and oxygen atoms in total. The number of hydrogen-bond donors (Lipinski definition) is 2. The number of aromatic nitrogens is 3. The SMILES string of the molecule is Nc1nnnc(N)c1C1=CCCCC1. The summed E-state index contributed by atoms with van der Waals surface area (Å²) in [6, 6.07) is 0. The summed E-state index contributed by atoms with van der Waals surface area (Å²) in [6.45, 7) is 0. The van der Waals surface area contributed by atoms with Crippen molar-refractivity contribution in [3.05, 3.63) is 11.6 Å². The fourth-order valence-electron chi connectivity index (χ4n) is 1.74. The summed E-state index contributed by atoms with van der Waals surface area (Å²) in [5, 5.41) is 10.9. The summed E-state index contributed by atoms with van der Waals surface area (Å²) in [4.78, 5) is 0. The number of allylic oxidation sites excluding steroid dienone is 2. The molecule has 4 N–H and O–H groups in total. The molecule has 0 aliphatic heterocycles. The standard InChI is InChI=1S/C9H13N5/c10-8-7(9(11)13-14-12-8)6-4-2-1-3-5-6/h4H,1-3,5H2,(H4,10,11,12,13). The Morgan fingerprint density at radius 3 is 2.36 bits per heavy atom. The molecule has 0 bridgehead atoms. The number of anilines is 2. The molecule has 1 aliphatic rings. The lowest BCUT2D eigenvalue weighted by molar-refractivity contribution is 0.740. The molecule has 2 rings (SSSR count). The minimum Gasteiger partial charge on any atom is -0.382 e. The van der Waals surface area contributed by atoms with E-state index in [1.54, 1.807) is 0 Å². The lowest BCUT2D eigenvalue weighted by atomic mass is 9.94. The molecule has 1 aromatic heterocycles. The van der Waals surface area contributed by atoms with Gasteiger partial charge in [0.1, 0.15) is 0 Å². The van der Waals surface area contributed by atoms with E-state index in [1.807, 2.05) is 0 Å². The summed E-state index contributed by atoms with van der Waals surface area (Å²) < 4.78 is 0. The second-order valence-electron chi connectivity index (χ2n) is 3.41. The van der Waals surface area contributed by atoms with Crippen LogP contribution in [0.5, 0.6) is 0 Å². The van der Waals surface area contributed by atoms with Crippen molar-refractivity contribution in [2.45, 2.75) is 25.7 Å². The molecule has 74 valence electrons. The van der Waals surface area contributed by atoms with Gasteiger partial charge in [0.2, 0.25) is 0 Å². The Hall–Kier alpha value is -1.65. The van der Waals surface area contributed by atoms with Gasteiger partial charge in [0.15, 0.2) is 11.6 Å². The number of hydrogen-bond acceptors (Lipinski definition) is 5. The molecule has 1 aliphatic carbocycles. The maximum Gasteiger partial charge on any atom is 0.159 e. The van der Waals surface area contributed by atoms with Gasteiger partial charge >= 0.3 is 0 Å². The number of nitrogen functional groups attached to an aromatic ring is 2. The monoisotopic (exact) mass is 191 g/mol. The van der Waals surface area contributed by atoms with Gasteiger partial charge in [-0.2, -0.15) is 0 Å². The number of rotatable bonds is 1. The van der Waals surface area contributed by atoms with Crippen molar-refractivity contribution in [1.29, 1.82) is 0 Å². The Bertz CT molecular complexity index is 351. The minimum absolute atomic E-state index is 0.380. The van der Waals surface area contributed by atoms with Crippen molar-refractivity contribution in [1.82, 2.24) is 15.4 Å². The average Bonchev–Trinajstić information content (AvgIpc) is 2.19. The zero-order chi connectivity index (χ0) is 9.97. The van der Waals surface area contributed by atoms with Crippen molar-refractivity contribution in [2.24, 2.45) is 0 Å². The summed E-state index contributed by atoms with van der Waals surface area (Å²) >= 11 is 0. The molecule has 0 fully saturated rings. The Kier molecular flexibility index (Phi) is 2.30. The van der Waals surface area contributed by atoms with Gasteiger partial charge in [0, 0.05) is 0 Å². The molecule has 1 heterocycles. The van der Waals surface area contributed by atoms with Gasteiger partial charge < -0.3 is 11.5 Å². The maximum absolute atomic E-state index is 5.72. The first-order valence-corrected chi connectivity index (χ1v) is 4.73. The van der Waals surface area contributed by atoms with Gasteiger partial charge in [-0.1, -0.05) is 6.08 Å². The van der Waals surface area contributed by atoms with Crippen LogP contribution in [0.4, 0.5) is 11.6 Å². The summed E-state index contributed by atoms with van der Waals surface area (Å²) in [5.41, 5.74) is 13.4. The highest BCUT2D eigenvalue weighted by Gasteiger charge is 2.14. The molecule has 1 aromatic rings. The largest absolute Gasteiger partial charge is 0.382 e. The van der Waals surface area contributed by atoms with Gasteiger partial charge in [-0.3, -0.25) is 0 Å². The molecule has 0 atom stereocenters. The van der Waals surface area contributed by atoms with Crippen LogP contribution in [0.1, 0.15) is 31.2 Å². The van der Waals surface area contributed by atoms with Crippen LogP contribution in [0.2, 0.25) is 0 Å². The lowest BCUT2D eigenvalue weighted by Crippen LogP contribution is -2.08. The molecule has 0 saturated carbocycles. The molecular weight excluding hydrogens is 178 g/mol. The van der Waals surface area contributed by atoms with Gasteiger partial charge in [-0.15, -0.1) is 10.2 Å². The smallest absolute Gasteiger partial charge is 0.159 e. The first-order chi connectivity index (χ1) is 6.79. The molecule has 0 aromatic carbocycles. The van der Waals surface area contributed by atoms with Gasteiger partial charge in [-0.25, -0.2) is 0 Å². The van der Waals surface area contributed by atoms with E-state index in [2.05, 4.69) is 21.5 Å². The van der Waals surface area contributed by atoms with Crippen molar-refractivity contribution in [3.8, 4) is 0 Å². The molecule has 5 heteroatoms. The summed E-state index contributed by atoms with van der Waals surface area (Å²) in [5.74, 6) is 0.760. The third-order valence-electron chi connectivity index (χ3n) is 2.43. The fourth-order valence-corrected chi connectivity index (χ4v) is 1.74. The van der Waals surface area contributed by atoms with Crippen LogP contribution < -0.4 is 11.5 Å². The van der Waals surface area contributed by atoms with Crippen LogP contribution in [0.15, 0.2) is 6.08 Å². The van der Waals surface area contributed by atoms with E-state index in [9.17, 15) is 0 Å². The van der Waals surface area contributed by atoms with E-state index in [1.165, 1.54) is 12.8 Å². The minimum atomic E-state index is 0.380. The van der Waals surface area contributed by atoms with Gasteiger partial charge in [0.05, 0.1) is 5.56 Å². The highest BCUT2D eigenvalue weighted by atomic mass is 15.3. The van der Waals surface area contributed by atoms with Crippen LogP contribution in [0.25, 0.3) is 5.57 Å². The second-order valence-corrected chi connectivity index (χ2v) is 3.41. The predicted molar refractivity (Wildman–Crippen MR) is 55.1 cm³/mol. The van der Waals surface area contributed by atoms with E-state index >= 15 is 0 Å². The van der Waals surface area contributed by atoms with Gasteiger partial charge in [-0.05, 0) is 36.5 Å². The van der Waals surface area contributed by atoms with E-state index in [0.717, 1.165) is 24.0 Å². The van der Waals surface area contributed by atoms with Crippen LogP contribution in [0, 0.1) is 0 Å². The summed E-state index contributed by atoms with van der Waals surface area (Å²) in [6.07, 6.45) is 6.65. The number of nitrogens with zero attached hydrogens (tertiary/aromatic N) is 3. The van der Waals surface area contributed by atoms with Crippen LogP contribution >= 0.6 is 0 Å². The van der Waals surface area contributed by atoms with Crippen LogP contribution in [0.3, 0.4) is 0 Å². The van der Waals surface area contributed by atoms with E-state index < -0.39 is 0 Å². The molecular formula is C9H13N5. The molecule has 0 unspecified atom stereocenters. The predicted octanol–water partition coefficient (Wildman–Crippen LogP) is 0.993.